The van der Waals surface area contributed by atoms with Crippen molar-refractivity contribution in [3.63, 3.8) is 0 Å². The lowest BCUT2D eigenvalue weighted by atomic mass is 10.2. The molecule has 3 N–H and O–H groups in total. The summed E-state index contributed by atoms with van der Waals surface area (Å²) in [6, 6.07) is 3.29. The molecule has 0 spiro atoms. The Hall–Kier alpha value is -0.240. The quantitative estimate of drug-likeness (QED) is 0.789. The molecule has 1 aliphatic carbocycles. The van der Waals surface area contributed by atoms with Crippen LogP contribution in [0, 0.1) is 6.92 Å². The van der Waals surface area contributed by atoms with Gasteiger partial charge in [-0.25, -0.2) is 13.1 Å². The van der Waals surface area contributed by atoms with Crippen molar-refractivity contribution in [3.05, 3.63) is 22.2 Å². The summed E-state index contributed by atoms with van der Waals surface area (Å²) in [6.45, 7) is 1.78. The zero-order valence-corrected chi connectivity index (χ0v) is 14.7. The Morgan fingerprint density at radius 3 is 2.70 bits per heavy atom. The first-order valence-corrected chi connectivity index (χ1v) is 10.0. The fourth-order valence-corrected chi connectivity index (χ4v) is 5.30. The van der Waals surface area contributed by atoms with Crippen LogP contribution in [0.5, 0.6) is 0 Å². The van der Waals surface area contributed by atoms with Crippen LogP contribution in [0.1, 0.15) is 24.8 Å². The normalized spacial score (nSPS) is 23.1. The van der Waals surface area contributed by atoms with Crippen LogP contribution >= 0.6 is 27.7 Å². The van der Waals surface area contributed by atoms with Gasteiger partial charge in [-0.1, -0.05) is 0 Å². The van der Waals surface area contributed by atoms with Crippen LogP contribution in [-0.4, -0.2) is 26.0 Å². The third kappa shape index (κ3) is 3.50. The standard InChI is InChI=1S/C13H19BrN2O2S2/c1-8-5-11(14)12(15)7-13(8)20(17,18)16-9-3-4-10(6-9)19-2/h5,7,9-10,16H,3-4,6,15H2,1-2H3. The second-order valence-corrected chi connectivity index (χ2v) is 8.80. The van der Waals surface area contributed by atoms with Gasteiger partial charge in [-0.2, -0.15) is 11.8 Å². The molecule has 20 heavy (non-hydrogen) atoms. The smallest absolute Gasteiger partial charge is 0.241 e. The van der Waals surface area contributed by atoms with E-state index in [-0.39, 0.29) is 10.9 Å². The van der Waals surface area contributed by atoms with E-state index in [4.69, 9.17) is 5.73 Å². The molecule has 2 atom stereocenters. The molecule has 0 aromatic heterocycles. The highest BCUT2D eigenvalue weighted by molar-refractivity contribution is 9.10. The molecule has 2 rings (SSSR count). The summed E-state index contributed by atoms with van der Waals surface area (Å²) in [5.41, 5.74) is 6.92. The molecular weight excluding hydrogens is 360 g/mol. The average Bonchev–Trinajstić information content (AvgIpc) is 2.80. The summed E-state index contributed by atoms with van der Waals surface area (Å²) >= 11 is 5.11. The van der Waals surface area contributed by atoms with Gasteiger partial charge in [-0.3, -0.25) is 0 Å². The predicted octanol–water partition coefficient (Wildman–Crippen LogP) is 2.90. The van der Waals surface area contributed by atoms with E-state index in [1.54, 1.807) is 24.8 Å². The minimum absolute atomic E-state index is 0.0294. The summed E-state index contributed by atoms with van der Waals surface area (Å²) in [5.74, 6) is 0. The molecule has 1 aromatic carbocycles. The van der Waals surface area contributed by atoms with Crippen molar-refractivity contribution in [2.45, 2.75) is 42.4 Å². The maximum Gasteiger partial charge on any atom is 0.241 e. The molecule has 1 aliphatic rings. The van der Waals surface area contributed by atoms with Crippen molar-refractivity contribution in [2.24, 2.45) is 0 Å². The number of sulfonamides is 1. The molecular formula is C13H19BrN2O2S2. The van der Waals surface area contributed by atoms with Crippen molar-refractivity contribution < 1.29 is 8.42 Å². The maximum atomic E-state index is 12.5. The Labute approximate surface area is 133 Å². The number of hydrogen-bond acceptors (Lipinski definition) is 4. The van der Waals surface area contributed by atoms with Gasteiger partial charge < -0.3 is 5.73 Å². The Bertz CT molecular complexity index is 605. The van der Waals surface area contributed by atoms with Gasteiger partial charge in [0.1, 0.15) is 0 Å². The number of thioether (sulfide) groups is 1. The lowest BCUT2D eigenvalue weighted by Crippen LogP contribution is -2.33. The third-order valence-corrected chi connectivity index (χ3v) is 7.07. The maximum absolute atomic E-state index is 12.5. The van der Waals surface area contributed by atoms with Gasteiger partial charge in [-0.05, 0) is 66.1 Å². The molecule has 0 heterocycles. The fourth-order valence-electron chi connectivity index (χ4n) is 2.50. The van der Waals surface area contributed by atoms with E-state index in [9.17, 15) is 8.42 Å². The zero-order chi connectivity index (χ0) is 14.9. The largest absolute Gasteiger partial charge is 0.398 e. The first-order chi connectivity index (χ1) is 9.33. The van der Waals surface area contributed by atoms with Gasteiger partial charge in [0.25, 0.3) is 0 Å². The summed E-state index contributed by atoms with van der Waals surface area (Å²) < 4.78 is 28.5. The predicted molar refractivity (Wildman–Crippen MR) is 88.6 cm³/mol. The minimum Gasteiger partial charge on any atom is -0.398 e. The number of anilines is 1. The minimum atomic E-state index is -3.51. The lowest BCUT2D eigenvalue weighted by molar-refractivity contribution is 0.552. The van der Waals surface area contributed by atoms with Crippen LogP contribution in [0.25, 0.3) is 0 Å². The Morgan fingerprint density at radius 2 is 2.10 bits per heavy atom. The molecule has 0 saturated heterocycles. The number of nitrogens with one attached hydrogen (secondary N) is 1. The number of nitrogen functional groups attached to an aromatic ring is 1. The number of aryl methyl sites for hydroxylation is 1. The molecule has 1 fully saturated rings. The fraction of sp³-hybridized carbons (Fsp3) is 0.538. The van der Waals surface area contributed by atoms with Crippen LogP contribution < -0.4 is 10.5 Å². The first kappa shape index (κ1) is 16.1. The second kappa shape index (κ2) is 6.25. The summed E-state index contributed by atoms with van der Waals surface area (Å²) in [7, 11) is -3.51. The molecule has 7 heteroatoms. The van der Waals surface area contributed by atoms with E-state index in [0.717, 1.165) is 23.7 Å². The van der Waals surface area contributed by atoms with E-state index < -0.39 is 10.0 Å². The molecule has 1 aromatic rings. The van der Waals surface area contributed by atoms with E-state index >= 15 is 0 Å². The molecule has 0 radical (unpaired) electrons. The number of rotatable bonds is 4. The first-order valence-electron chi connectivity index (χ1n) is 6.44. The van der Waals surface area contributed by atoms with E-state index in [1.807, 2.05) is 0 Å². The summed E-state index contributed by atoms with van der Waals surface area (Å²) in [6.07, 6.45) is 4.93. The van der Waals surface area contributed by atoms with Crippen LogP contribution in [0.4, 0.5) is 5.69 Å². The van der Waals surface area contributed by atoms with E-state index in [0.29, 0.717) is 16.5 Å². The van der Waals surface area contributed by atoms with Crippen LogP contribution in [0.15, 0.2) is 21.5 Å². The van der Waals surface area contributed by atoms with E-state index in [2.05, 4.69) is 26.9 Å². The van der Waals surface area contributed by atoms with Gasteiger partial charge in [0.15, 0.2) is 0 Å². The highest BCUT2D eigenvalue weighted by atomic mass is 79.9. The van der Waals surface area contributed by atoms with Crippen LogP contribution in [-0.2, 0) is 10.0 Å². The molecule has 2 unspecified atom stereocenters. The molecule has 0 bridgehead atoms. The third-order valence-electron chi connectivity index (χ3n) is 3.62. The highest BCUT2D eigenvalue weighted by Crippen LogP contribution is 2.31. The van der Waals surface area contributed by atoms with E-state index in [1.165, 1.54) is 6.07 Å². The molecule has 4 nitrogen and oxygen atoms in total. The average molecular weight is 379 g/mol. The number of nitrogens with two attached hydrogens (primary N) is 1. The molecule has 0 aliphatic heterocycles. The number of hydrogen-bond donors (Lipinski definition) is 2. The van der Waals surface area contributed by atoms with Crippen molar-refractivity contribution in [3.8, 4) is 0 Å². The van der Waals surface area contributed by atoms with Crippen LogP contribution in [0.2, 0.25) is 0 Å². The van der Waals surface area contributed by atoms with Gasteiger partial charge >= 0.3 is 0 Å². The second-order valence-electron chi connectivity index (χ2n) is 5.13. The van der Waals surface area contributed by atoms with Crippen molar-refractivity contribution in [1.82, 2.24) is 4.72 Å². The summed E-state index contributed by atoms with van der Waals surface area (Å²) in [5, 5.41) is 0.554. The number of halogens is 1. The molecule has 0 amide bonds. The Kier molecular flexibility index (Phi) is 5.05. The Morgan fingerprint density at radius 1 is 1.40 bits per heavy atom. The summed E-state index contributed by atoms with van der Waals surface area (Å²) in [4.78, 5) is 0.269. The zero-order valence-electron chi connectivity index (χ0n) is 11.5. The Balaban J connectivity index is 2.21. The van der Waals surface area contributed by atoms with Crippen LogP contribution in [0.3, 0.4) is 0 Å². The molecule has 112 valence electrons. The SMILES string of the molecule is CSC1CCC(NS(=O)(=O)c2cc(N)c(Br)cc2C)C1. The topological polar surface area (TPSA) is 72.2 Å². The van der Waals surface area contributed by atoms with Gasteiger partial charge in [0, 0.05) is 21.5 Å². The van der Waals surface area contributed by atoms with Gasteiger partial charge in [0.05, 0.1) is 4.90 Å². The highest BCUT2D eigenvalue weighted by Gasteiger charge is 2.29. The number of benzene rings is 1. The monoisotopic (exact) mass is 378 g/mol. The van der Waals surface area contributed by atoms with Gasteiger partial charge in [-0.15, -0.1) is 0 Å². The van der Waals surface area contributed by atoms with Gasteiger partial charge in [0.2, 0.25) is 10.0 Å². The van der Waals surface area contributed by atoms with Crippen molar-refractivity contribution >= 4 is 43.4 Å². The van der Waals surface area contributed by atoms with Crippen molar-refractivity contribution in [2.75, 3.05) is 12.0 Å². The molecule has 1 saturated carbocycles. The van der Waals surface area contributed by atoms with Crippen molar-refractivity contribution in [1.29, 1.82) is 0 Å². The lowest BCUT2D eigenvalue weighted by Gasteiger charge is -2.15.